The number of rotatable bonds is 2. The molecule has 0 amide bonds. The third-order valence-electron chi connectivity index (χ3n) is 1.71. The SMILES string of the molecule is [C-]#[N+]C(C)c1ccsc1C(=O)OC. The van der Waals surface area contributed by atoms with Crippen LogP contribution in [-0.2, 0) is 4.74 Å². The summed E-state index contributed by atoms with van der Waals surface area (Å²) < 4.78 is 4.60. The number of hydrogen-bond donors (Lipinski definition) is 0. The van der Waals surface area contributed by atoms with Crippen LogP contribution in [-0.4, -0.2) is 13.1 Å². The van der Waals surface area contributed by atoms with Crippen LogP contribution in [0.2, 0.25) is 0 Å². The highest BCUT2D eigenvalue weighted by atomic mass is 32.1. The lowest BCUT2D eigenvalue weighted by atomic mass is 10.1. The van der Waals surface area contributed by atoms with Crippen molar-refractivity contribution >= 4 is 17.3 Å². The summed E-state index contributed by atoms with van der Waals surface area (Å²) in [5, 5.41) is 1.79. The third-order valence-corrected chi connectivity index (χ3v) is 2.62. The van der Waals surface area contributed by atoms with E-state index in [9.17, 15) is 4.79 Å². The number of esters is 1. The van der Waals surface area contributed by atoms with Crippen LogP contribution in [0, 0.1) is 6.57 Å². The molecule has 13 heavy (non-hydrogen) atoms. The first-order valence-corrected chi connectivity index (χ1v) is 4.61. The van der Waals surface area contributed by atoms with Gasteiger partial charge in [0.15, 0.2) is 0 Å². The molecule has 1 aromatic heterocycles. The number of nitrogens with zero attached hydrogens (tertiary/aromatic N) is 1. The summed E-state index contributed by atoms with van der Waals surface area (Å²) in [5.41, 5.74) is 0.756. The Morgan fingerprint density at radius 3 is 3.00 bits per heavy atom. The monoisotopic (exact) mass is 195 g/mol. The quantitative estimate of drug-likeness (QED) is 0.536. The molecule has 0 radical (unpaired) electrons. The van der Waals surface area contributed by atoms with Gasteiger partial charge in [-0.1, -0.05) is 0 Å². The summed E-state index contributed by atoms with van der Waals surface area (Å²) in [6, 6.07) is 1.51. The van der Waals surface area contributed by atoms with E-state index in [2.05, 4.69) is 9.58 Å². The van der Waals surface area contributed by atoms with Crippen molar-refractivity contribution in [2.24, 2.45) is 0 Å². The molecule has 1 aromatic rings. The Morgan fingerprint density at radius 1 is 1.77 bits per heavy atom. The van der Waals surface area contributed by atoms with Gasteiger partial charge >= 0.3 is 5.97 Å². The van der Waals surface area contributed by atoms with E-state index in [0.717, 1.165) is 5.56 Å². The van der Waals surface area contributed by atoms with Gasteiger partial charge in [0.05, 0.1) is 12.7 Å². The van der Waals surface area contributed by atoms with Gasteiger partial charge in [-0.3, -0.25) is 0 Å². The standard InChI is InChI=1S/C9H9NO2S/c1-6(10-2)7-4-5-13-8(7)9(11)12-3/h4-6H,1,3H3. The number of carbonyl (C=O) groups is 1. The van der Waals surface area contributed by atoms with Crippen LogP contribution < -0.4 is 0 Å². The molecule has 0 aromatic carbocycles. The number of ether oxygens (including phenoxy) is 1. The van der Waals surface area contributed by atoms with Crippen LogP contribution in [0.1, 0.15) is 28.2 Å². The lowest BCUT2D eigenvalue weighted by molar-refractivity contribution is 0.0605. The van der Waals surface area contributed by atoms with E-state index >= 15 is 0 Å². The predicted octanol–water partition coefficient (Wildman–Crippen LogP) is 2.51. The second kappa shape index (κ2) is 4.06. The van der Waals surface area contributed by atoms with Crippen molar-refractivity contribution in [3.8, 4) is 0 Å². The van der Waals surface area contributed by atoms with Crippen LogP contribution >= 0.6 is 11.3 Å². The zero-order valence-electron chi connectivity index (χ0n) is 7.40. The average molecular weight is 195 g/mol. The number of hydrogen-bond acceptors (Lipinski definition) is 3. The highest BCUT2D eigenvalue weighted by Gasteiger charge is 2.20. The van der Waals surface area contributed by atoms with Gasteiger partial charge in [-0.25, -0.2) is 11.4 Å². The molecule has 1 heterocycles. The van der Waals surface area contributed by atoms with Crippen LogP contribution in [0.3, 0.4) is 0 Å². The van der Waals surface area contributed by atoms with E-state index in [1.807, 2.05) is 0 Å². The van der Waals surface area contributed by atoms with Crippen LogP contribution in [0.15, 0.2) is 11.4 Å². The minimum atomic E-state index is -0.361. The fourth-order valence-corrected chi connectivity index (χ4v) is 1.88. The van der Waals surface area contributed by atoms with Crippen molar-refractivity contribution in [1.82, 2.24) is 0 Å². The summed E-state index contributed by atoms with van der Waals surface area (Å²) in [4.78, 5) is 15.1. The lowest BCUT2D eigenvalue weighted by Gasteiger charge is -1.99. The second-order valence-corrected chi connectivity index (χ2v) is 3.42. The molecular weight excluding hydrogens is 186 g/mol. The zero-order chi connectivity index (χ0) is 9.84. The Kier molecular flexibility index (Phi) is 3.04. The predicted molar refractivity (Wildman–Crippen MR) is 50.7 cm³/mol. The molecule has 3 nitrogen and oxygen atoms in total. The Balaban J connectivity index is 3.04. The van der Waals surface area contributed by atoms with Crippen molar-refractivity contribution in [2.75, 3.05) is 7.11 Å². The van der Waals surface area contributed by atoms with Crippen molar-refractivity contribution in [2.45, 2.75) is 13.0 Å². The fourth-order valence-electron chi connectivity index (χ4n) is 0.976. The first-order chi connectivity index (χ1) is 6.20. The molecule has 0 aliphatic heterocycles. The topological polar surface area (TPSA) is 30.7 Å². The van der Waals surface area contributed by atoms with Gasteiger partial charge in [-0.2, -0.15) is 0 Å². The highest BCUT2D eigenvalue weighted by Crippen LogP contribution is 2.26. The molecule has 0 saturated heterocycles. The van der Waals surface area contributed by atoms with E-state index in [-0.39, 0.29) is 12.0 Å². The smallest absolute Gasteiger partial charge is 0.348 e. The fraction of sp³-hybridized carbons (Fsp3) is 0.333. The van der Waals surface area contributed by atoms with E-state index in [4.69, 9.17) is 6.57 Å². The van der Waals surface area contributed by atoms with Gasteiger partial charge in [0.25, 0.3) is 0 Å². The minimum Gasteiger partial charge on any atom is -0.465 e. The van der Waals surface area contributed by atoms with Gasteiger partial charge in [-0.05, 0) is 11.4 Å². The largest absolute Gasteiger partial charge is 0.465 e. The van der Waals surface area contributed by atoms with Gasteiger partial charge < -0.3 is 9.58 Å². The maximum Gasteiger partial charge on any atom is 0.348 e. The highest BCUT2D eigenvalue weighted by molar-refractivity contribution is 7.12. The zero-order valence-corrected chi connectivity index (χ0v) is 8.22. The van der Waals surface area contributed by atoms with Gasteiger partial charge in [0.1, 0.15) is 4.88 Å². The van der Waals surface area contributed by atoms with Crippen molar-refractivity contribution in [1.29, 1.82) is 0 Å². The first kappa shape index (κ1) is 9.75. The molecule has 0 aliphatic carbocycles. The minimum absolute atomic E-state index is 0.277. The number of carbonyl (C=O) groups excluding carboxylic acids is 1. The lowest BCUT2D eigenvalue weighted by Crippen LogP contribution is -2.02. The molecule has 4 heteroatoms. The molecule has 1 unspecified atom stereocenters. The number of methoxy groups -OCH3 is 1. The van der Waals surface area contributed by atoms with Gasteiger partial charge in [-0.15, -0.1) is 11.3 Å². The van der Waals surface area contributed by atoms with Gasteiger partial charge in [0, 0.05) is 6.92 Å². The Morgan fingerprint density at radius 2 is 2.46 bits per heavy atom. The molecule has 0 bridgehead atoms. The molecule has 0 aliphatic rings. The summed E-state index contributed by atoms with van der Waals surface area (Å²) >= 11 is 1.31. The van der Waals surface area contributed by atoms with Crippen molar-refractivity contribution in [3.05, 3.63) is 33.3 Å². The summed E-state index contributed by atoms with van der Waals surface area (Å²) in [7, 11) is 1.34. The van der Waals surface area contributed by atoms with E-state index in [0.29, 0.717) is 4.88 Å². The first-order valence-electron chi connectivity index (χ1n) is 3.73. The summed E-state index contributed by atoms with van der Waals surface area (Å²) in [5.74, 6) is -0.361. The molecular formula is C9H9NO2S. The maximum atomic E-state index is 11.2. The maximum absolute atomic E-state index is 11.2. The molecule has 0 saturated carbocycles. The van der Waals surface area contributed by atoms with E-state index < -0.39 is 0 Å². The average Bonchev–Trinajstić information content (AvgIpc) is 2.63. The second-order valence-electron chi connectivity index (χ2n) is 2.50. The molecule has 0 spiro atoms. The molecule has 0 N–H and O–H groups in total. The third kappa shape index (κ3) is 1.87. The van der Waals surface area contributed by atoms with E-state index in [1.165, 1.54) is 18.4 Å². The summed E-state index contributed by atoms with van der Waals surface area (Å²) in [6.45, 7) is 8.62. The Bertz CT molecular complexity index is 351. The number of thiophene rings is 1. The van der Waals surface area contributed by atoms with Crippen molar-refractivity contribution < 1.29 is 9.53 Å². The Hall–Kier alpha value is -1.34. The van der Waals surface area contributed by atoms with Crippen LogP contribution in [0.4, 0.5) is 0 Å². The summed E-state index contributed by atoms with van der Waals surface area (Å²) in [6.07, 6.45) is 0. The van der Waals surface area contributed by atoms with Crippen LogP contribution in [0.25, 0.3) is 4.85 Å². The molecule has 0 fully saturated rings. The molecule has 1 rings (SSSR count). The normalized spacial score (nSPS) is 11.8. The van der Waals surface area contributed by atoms with E-state index in [1.54, 1.807) is 18.4 Å². The van der Waals surface area contributed by atoms with Crippen molar-refractivity contribution in [3.63, 3.8) is 0 Å². The molecule has 1 atom stereocenters. The molecule has 68 valence electrons. The van der Waals surface area contributed by atoms with Gasteiger partial charge in [0.2, 0.25) is 6.04 Å². The van der Waals surface area contributed by atoms with Crippen LogP contribution in [0.5, 0.6) is 0 Å². The Labute approximate surface area is 80.8 Å².